The lowest BCUT2D eigenvalue weighted by atomic mass is 9.97. The van der Waals surface area contributed by atoms with E-state index in [1.165, 1.54) is 0 Å². The predicted molar refractivity (Wildman–Crippen MR) is 72.5 cm³/mol. The Morgan fingerprint density at radius 2 is 1.94 bits per heavy atom. The summed E-state index contributed by atoms with van der Waals surface area (Å²) >= 11 is 3.31. The maximum atomic E-state index is 11.8. The lowest BCUT2D eigenvalue weighted by molar-refractivity contribution is -0.118. The number of nitrogens with zero attached hydrogens (tertiary/aromatic N) is 1. The number of nitrogens with one attached hydrogen (secondary N) is 1. The van der Waals surface area contributed by atoms with Gasteiger partial charge in [-0.25, -0.2) is 5.43 Å². The summed E-state index contributed by atoms with van der Waals surface area (Å²) < 4.78 is 0.920. The van der Waals surface area contributed by atoms with Crippen molar-refractivity contribution in [3.8, 4) is 0 Å². The summed E-state index contributed by atoms with van der Waals surface area (Å²) in [6.45, 7) is 0. The second-order valence-corrected chi connectivity index (χ2v) is 5.11. The molecule has 2 rings (SSSR count). The van der Waals surface area contributed by atoms with Gasteiger partial charge in [-0.3, -0.25) is 9.59 Å². The Kier molecular flexibility index (Phi) is 4.25. The summed E-state index contributed by atoms with van der Waals surface area (Å²) in [6.07, 6.45) is 2.60. The zero-order valence-corrected chi connectivity index (χ0v) is 11.4. The van der Waals surface area contributed by atoms with E-state index < -0.39 is 0 Å². The van der Waals surface area contributed by atoms with Crippen LogP contribution in [0.5, 0.6) is 0 Å². The van der Waals surface area contributed by atoms with Crippen LogP contribution in [-0.4, -0.2) is 17.4 Å². The zero-order valence-electron chi connectivity index (χ0n) is 9.78. The summed E-state index contributed by atoms with van der Waals surface area (Å²) in [5, 5.41) is 4.02. The normalized spacial score (nSPS) is 17.8. The Labute approximate surface area is 114 Å². The van der Waals surface area contributed by atoms with Crippen molar-refractivity contribution in [2.75, 3.05) is 0 Å². The van der Waals surface area contributed by atoms with E-state index in [0.29, 0.717) is 18.4 Å². The van der Waals surface area contributed by atoms with Gasteiger partial charge in [0.05, 0.1) is 0 Å². The molecule has 0 aliphatic heterocycles. The van der Waals surface area contributed by atoms with E-state index in [4.69, 9.17) is 0 Å². The van der Waals surface area contributed by atoms with E-state index in [1.54, 1.807) is 24.3 Å². The van der Waals surface area contributed by atoms with Crippen LogP contribution in [0.1, 0.15) is 36.0 Å². The average Bonchev–Trinajstić information content (AvgIpc) is 2.37. The molecule has 1 N–H and O–H groups in total. The second kappa shape index (κ2) is 5.91. The van der Waals surface area contributed by atoms with Crippen LogP contribution >= 0.6 is 15.9 Å². The molecule has 1 amide bonds. The quantitative estimate of drug-likeness (QED) is 0.854. The van der Waals surface area contributed by atoms with Crippen LogP contribution in [0.4, 0.5) is 0 Å². The van der Waals surface area contributed by atoms with E-state index >= 15 is 0 Å². The van der Waals surface area contributed by atoms with Gasteiger partial charge in [-0.05, 0) is 37.1 Å². The van der Waals surface area contributed by atoms with Gasteiger partial charge in [0.1, 0.15) is 5.78 Å². The minimum Gasteiger partial charge on any atom is -0.299 e. The van der Waals surface area contributed by atoms with Crippen molar-refractivity contribution < 1.29 is 9.59 Å². The molecule has 0 saturated heterocycles. The zero-order chi connectivity index (χ0) is 13.0. The Morgan fingerprint density at radius 3 is 2.61 bits per heavy atom. The first-order valence-electron chi connectivity index (χ1n) is 5.78. The molecule has 94 valence electrons. The summed E-state index contributed by atoms with van der Waals surface area (Å²) in [4.78, 5) is 23.0. The molecule has 0 heterocycles. The first-order valence-corrected chi connectivity index (χ1v) is 6.57. The lowest BCUT2D eigenvalue weighted by Gasteiger charge is -2.11. The number of amides is 1. The van der Waals surface area contributed by atoms with Crippen molar-refractivity contribution in [2.45, 2.75) is 25.7 Å². The Morgan fingerprint density at radius 1 is 1.22 bits per heavy atom. The molecule has 1 aromatic carbocycles. The molecule has 0 atom stereocenters. The maximum Gasteiger partial charge on any atom is 0.271 e. The fourth-order valence-corrected chi connectivity index (χ4v) is 2.05. The Balaban J connectivity index is 1.97. The molecule has 1 saturated carbocycles. The highest BCUT2D eigenvalue weighted by Crippen LogP contribution is 2.12. The van der Waals surface area contributed by atoms with Crippen molar-refractivity contribution in [1.29, 1.82) is 0 Å². The number of carbonyl (C=O) groups excluding carboxylic acids is 2. The van der Waals surface area contributed by atoms with Crippen LogP contribution in [-0.2, 0) is 4.79 Å². The van der Waals surface area contributed by atoms with Crippen LogP contribution in [0.3, 0.4) is 0 Å². The summed E-state index contributed by atoms with van der Waals surface area (Å²) in [5.74, 6) is -0.0640. The van der Waals surface area contributed by atoms with Gasteiger partial charge < -0.3 is 0 Å². The summed E-state index contributed by atoms with van der Waals surface area (Å²) in [5.41, 5.74) is 3.80. The van der Waals surface area contributed by atoms with Gasteiger partial charge >= 0.3 is 0 Å². The molecule has 1 aliphatic rings. The molecule has 4 nitrogen and oxygen atoms in total. The number of ketones is 1. The van der Waals surface area contributed by atoms with Crippen molar-refractivity contribution in [1.82, 2.24) is 5.43 Å². The molecule has 1 fully saturated rings. The number of hydrazone groups is 1. The van der Waals surface area contributed by atoms with Crippen molar-refractivity contribution in [3.63, 3.8) is 0 Å². The van der Waals surface area contributed by atoms with E-state index in [-0.39, 0.29) is 11.7 Å². The number of halogens is 1. The number of hydrogen-bond donors (Lipinski definition) is 1. The van der Waals surface area contributed by atoms with E-state index in [0.717, 1.165) is 23.0 Å². The third-order valence-electron chi connectivity index (χ3n) is 2.74. The van der Waals surface area contributed by atoms with Gasteiger partial charge in [-0.1, -0.05) is 15.9 Å². The van der Waals surface area contributed by atoms with Gasteiger partial charge in [-0.2, -0.15) is 5.10 Å². The summed E-state index contributed by atoms with van der Waals surface area (Å²) in [7, 11) is 0. The number of rotatable bonds is 2. The molecular weight excluding hydrogens is 296 g/mol. The van der Waals surface area contributed by atoms with Gasteiger partial charge in [0.2, 0.25) is 0 Å². The highest BCUT2D eigenvalue weighted by molar-refractivity contribution is 9.10. The van der Waals surface area contributed by atoms with Crippen molar-refractivity contribution in [3.05, 3.63) is 34.3 Å². The highest BCUT2D eigenvalue weighted by atomic mass is 79.9. The van der Waals surface area contributed by atoms with Gasteiger partial charge in [0.15, 0.2) is 0 Å². The molecule has 0 radical (unpaired) electrons. The summed E-state index contributed by atoms with van der Waals surface area (Å²) in [6, 6.07) is 7.02. The standard InChI is InChI=1S/C13H13BrN2O2/c14-10-6-4-9(5-7-10)13(18)16-15-11-2-1-3-12(17)8-11/h4-7H,1-3,8H2,(H,16,18). The first-order chi connectivity index (χ1) is 8.65. The largest absolute Gasteiger partial charge is 0.299 e. The predicted octanol–water partition coefficient (Wildman–Crippen LogP) is 2.68. The highest BCUT2D eigenvalue weighted by Gasteiger charge is 2.14. The van der Waals surface area contributed by atoms with Gasteiger partial charge in [-0.15, -0.1) is 0 Å². The van der Waals surface area contributed by atoms with Crippen LogP contribution < -0.4 is 5.43 Å². The van der Waals surface area contributed by atoms with Crippen LogP contribution in [0.25, 0.3) is 0 Å². The molecule has 0 aromatic heterocycles. The number of benzene rings is 1. The lowest BCUT2D eigenvalue weighted by Crippen LogP contribution is -2.22. The molecule has 0 bridgehead atoms. The molecule has 5 heteroatoms. The Hall–Kier alpha value is -1.49. The average molecular weight is 309 g/mol. The van der Waals surface area contributed by atoms with Crippen LogP contribution in [0, 0.1) is 0 Å². The minimum atomic E-state index is -0.256. The maximum absolute atomic E-state index is 11.8. The first kappa shape index (κ1) is 13.0. The van der Waals surface area contributed by atoms with Gasteiger partial charge in [0.25, 0.3) is 5.91 Å². The van der Waals surface area contributed by atoms with Crippen LogP contribution in [0.2, 0.25) is 0 Å². The Bertz CT molecular complexity index is 494. The third kappa shape index (κ3) is 3.50. The third-order valence-corrected chi connectivity index (χ3v) is 3.27. The fourth-order valence-electron chi connectivity index (χ4n) is 1.79. The minimum absolute atomic E-state index is 0.192. The van der Waals surface area contributed by atoms with Crippen molar-refractivity contribution in [2.24, 2.45) is 5.10 Å². The van der Waals surface area contributed by atoms with Crippen LogP contribution in [0.15, 0.2) is 33.8 Å². The van der Waals surface area contributed by atoms with E-state index in [9.17, 15) is 9.59 Å². The smallest absolute Gasteiger partial charge is 0.271 e. The van der Waals surface area contributed by atoms with Crippen molar-refractivity contribution >= 4 is 33.3 Å². The molecule has 1 aromatic rings. The topological polar surface area (TPSA) is 58.5 Å². The molecule has 1 aliphatic carbocycles. The fraction of sp³-hybridized carbons (Fsp3) is 0.308. The number of carbonyl (C=O) groups is 2. The van der Waals surface area contributed by atoms with E-state index in [1.807, 2.05) is 0 Å². The molecule has 0 spiro atoms. The number of Topliss-reactive ketones (excluding diaryl/α,β-unsaturated/α-hetero) is 1. The van der Waals surface area contributed by atoms with E-state index in [2.05, 4.69) is 26.5 Å². The monoisotopic (exact) mass is 308 g/mol. The van der Waals surface area contributed by atoms with Gasteiger partial charge in [0, 0.05) is 28.6 Å². The SMILES string of the molecule is O=C1CCCC(=NNC(=O)c2ccc(Br)cc2)C1. The number of hydrogen-bond acceptors (Lipinski definition) is 3. The molecule has 0 unspecified atom stereocenters. The second-order valence-electron chi connectivity index (χ2n) is 4.19. The molecule has 18 heavy (non-hydrogen) atoms. The molecular formula is C13H13BrN2O2.